The minimum absolute atomic E-state index is 0.0145. The quantitative estimate of drug-likeness (QED) is 0.0206. The molecule has 115 heavy (non-hydrogen) atoms. The van der Waals surface area contributed by atoms with Crippen LogP contribution in [0.15, 0.2) is 152 Å². The molecule has 4 aliphatic heterocycles. The summed E-state index contributed by atoms with van der Waals surface area (Å²) in [5.74, 6) is 2.26. The van der Waals surface area contributed by atoms with E-state index in [4.69, 9.17) is 23.9 Å². The summed E-state index contributed by atoms with van der Waals surface area (Å²) in [6, 6.07) is 26.3. The molecule has 4 bridgehead atoms. The summed E-state index contributed by atoms with van der Waals surface area (Å²) in [4.78, 5) is 87.6. The van der Waals surface area contributed by atoms with Gasteiger partial charge in [-0.3, -0.25) is 28.9 Å². The SMILES string of the molecule is C=C/C=C\C=C\C[C@H]1CN(C)CCN1C(=O)/C=C/C(=C\C(=C)N(C)C)c1cccc(CN2O[C@@H](CO)[C@@H]([C@H](C)O)[C@H]2C(=O)N[C@H]2C[C@H]3C[C@@H]([C@@H]2C)C3(C)C)c1OC.C=O.COc1c(CN2O[C@@H](CO)[C@@H]([C@H](C)O)[C@H]2C(=O)N[C@H]2C[C@H]3C[C@@H]([C@@H]2C)C3(C)C)cccc1-c1cc(C(=O)N2CCNC[C@@H]2Cc2ccccc2)cc(N(C)C)c1. The number of benzene rings is 4. The van der Waals surface area contributed by atoms with E-state index in [1.54, 1.807) is 50.3 Å². The van der Waals surface area contributed by atoms with E-state index in [0.29, 0.717) is 65.7 Å². The van der Waals surface area contributed by atoms with Gasteiger partial charge in [0.15, 0.2) is 0 Å². The van der Waals surface area contributed by atoms with Crippen LogP contribution in [-0.2, 0) is 48.4 Å². The lowest BCUT2D eigenvalue weighted by Gasteiger charge is -2.62. The van der Waals surface area contributed by atoms with Crippen molar-refractivity contribution in [2.75, 3.05) is 107 Å². The summed E-state index contributed by atoms with van der Waals surface area (Å²) in [5.41, 5.74) is 8.56. The largest absolute Gasteiger partial charge is 0.496 e. The Labute approximate surface area is 683 Å². The molecule has 23 heteroatoms. The number of aliphatic hydroxyl groups is 4. The van der Waals surface area contributed by atoms with Gasteiger partial charge < -0.3 is 75.1 Å². The molecular formula is C92H130N10O13. The molecule has 4 aromatic rings. The highest BCUT2D eigenvalue weighted by molar-refractivity contribution is 5.98. The van der Waals surface area contributed by atoms with Gasteiger partial charge in [-0.25, -0.2) is 0 Å². The molecule has 7 N–H and O–H groups in total. The Bertz CT molecular complexity index is 4140. The number of amides is 4. The Hall–Kier alpha value is -8.33. The second-order valence-corrected chi connectivity index (χ2v) is 34.7. The zero-order valence-corrected chi connectivity index (χ0v) is 70.6. The topological polar surface area (TPSA) is 262 Å². The summed E-state index contributed by atoms with van der Waals surface area (Å²) >= 11 is 0. The molecule has 10 aliphatic rings. The Morgan fingerprint density at radius 1 is 0.696 bits per heavy atom. The third kappa shape index (κ3) is 19.8. The summed E-state index contributed by atoms with van der Waals surface area (Å²) in [6.45, 7) is 31.0. The molecule has 0 radical (unpaired) electrons. The van der Waals surface area contributed by atoms with Crippen molar-refractivity contribution < 1.29 is 63.5 Å². The first-order chi connectivity index (χ1) is 54.9. The number of ether oxygens (including phenoxy) is 2. The number of aliphatic hydroxyl groups excluding tert-OH is 4. The van der Waals surface area contributed by atoms with Crippen LogP contribution in [0, 0.1) is 58.2 Å². The van der Waals surface area contributed by atoms with E-state index >= 15 is 0 Å². The summed E-state index contributed by atoms with van der Waals surface area (Å²) in [7, 11) is 13.1. The molecule has 4 saturated heterocycles. The number of piperazine rings is 2. The number of nitrogens with one attached hydrogen (secondary N) is 3. The van der Waals surface area contributed by atoms with Gasteiger partial charge in [0.1, 0.15) is 42.6 Å². The van der Waals surface area contributed by atoms with Crippen molar-refractivity contribution in [2.24, 2.45) is 58.2 Å². The predicted molar refractivity (Wildman–Crippen MR) is 452 cm³/mol. The third-order valence-electron chi connectivity index (χ3n) is 26.8. The monoisotopic (exact) mass is 1580 g/mol. The minimum Gasteiger partial charge on any atom is -0.496 e. The molecule has 4 aromatic carbocycles. The number of methoxy groups -OCH3 is 2. The van der Waals surface area contributed by atoms with Gasteiger partial charge in [0.05, 0.1) is 52.7 Å². The molecule has 14 rings (SSSR count). The highest BCUT2D eigenvalue weighted by Gasteiger charge is 2.59. The highest BCUT2D eigenvalue weighted by atomic mass is 16.7. The van der Waals surface area contributed by atoms with Gasteiger partial charge in [-0.15, -0.1) is 0 Å². The van der Waals surface area contributed by atoms with Crippen LogP contribution in [0.1, 0.15) is 120 Å². The Balaban J connectivity index is 0.000000238. The molecule has 626 valence electrons. The zero-order valence-electron chi connectivity index (χ0n) is 70.6. The summed E-state index contributed by atoms with van der Waals surface area (Å²) < 4.78 is 12.2. The summed E-state index contributed by atoms with van der Waals surface area (Å²) in [5, 5.41) is 56.2. The standard InChI is InChI=1S/C46H67N5O6.C45H61N5O6.CH2O/c1-11-12-13-14-15-18-36-28-49(9)22-23-50(36)41(54)21-20-33(24-30(2)48(7)8)37-19-16-17-34(44(37)56-10)27-51-43(42(32(4)53)40(29-52)57-51)45(55)47-39-26-35-25-38(31(39)3)46(35,5)6;1-27-37-22-33(45(37,3)4)23-38(27)47-43(53)41-40(28(2)52)39(26-51)56-50(41)25-30-14-11-15-36(42(30)55-7)31-19-32(21-34(20-31)48(5)6)44(54)49-17-16-46-24-35(49)18-29-12-9-8-10-13-29;1-2/h11-17,19-21,24,31-32,35-36,38-40,42-43,52-53H,1-2,18,22-23,25-29H2,3-10H3,(H,47,55);8-15,19-21,27-28,33,35,37-41,46,51-52H,16-18,22-26H2,1-7H3,(H,47,53);1H2/b13-12-,15-14+,21-20+,33-24+;;/t31-,32-,35+,36-,38-,39-,40-,42+,43-;27-,28-,33+,35-,37-,38-,39-,40+,41-;/m00./s1. The molecule has 18 atom stereocenters. The van der Waals surface area contributed by atoms with Crippen molar-refractivity contribution in [1.29, 1.82) is 0 Å². The lowest BCUT2D eigenvalue weighted by Crippen LogP contribution is -2.62. The fraction of sp³-hybridized carbons (Fsp3) is 0.554. The predicted octanol–water partition coefficient (Wildman–Crippen LogP) is 9.76. The Morgan fingerprint density at radius 2 is 1.26 bits per heavy atom. The van der Waals surface area contributed by atoms with Crippen LogP contribution >= 0.6 is 0 Å². The maximum Gasteiger partial charge on any atom is 0.254 e. The second kappa shape index (κ2) is 39.3. The van der Waals surface area contributed by atoms with Gasteiger partial charge in [-0.05, 0) is 153 Å². The molecule has 23 nitrogen and oxygen atoms in total. The Kier molecular flexibility index (Phi) is 30.4. The first-order valence-corrected chi connectivity index (χ1v) is 41.2. The first kappa shape index (κ1) is 89.0. The number of rotatable bonds is 28. The average molecular weight is 1580 g/mol. The van der Waals surface area contributed by atoms with Gasteiger partial charge in [0.2, 0.25) is 17.7 Å². The van der Waals surface area contributed by atoms with E-state index in [0.717, 1.165) is 96.6 Å². The normalized spacial score (nSPS) is 28.9. The molecule has 0 unspecified atom stereocenters. The number of anilines is 1. The van der Waals surface area contributed by atoms with Crippen LogP contribution in [0.3, 0.4) is 0 Å². The van der Waals surface area contributed by atoms with Gasteiger partial charge >= 0.3 is 0 Å². The number of carbonyl (C=O) groups is 5. The first-order valence-electron chi connectivity index (χ1n) is 41.2. The number of hydrogen-bond acceptors (Lipinski definition) is 19. The molecule has 10 fully saturated rings. The molecule has 6 aliphatic carbocycles. The smallest absolute Gasteiger partial charge is 0.254 e. The van der Waals surface area contributed by atoms with Crippen LogP contribution in [0.25, 0.3) is 16.7 Å². The zero-order chi connectivity index (χ0) is 83.5. The minimum atomic E-state index is -0.911. The van der Waals surface area contributed by atoms with E-state index in [2.05, 4.69) is 107 Å². The third-order valence-corrected chi connectivity index (χ3v) is 26.8. The van der Waals surface area contributed by atoms with Crippen molar-refractivity contribution >= 4 is 41.7 Å². The van der Waals surface area contributed by atoms with Gasteiger partial charge in [-0.1, -0.05) is 152 Å². The van der Waals surface area contributed by atoms with Gasteiger partial charge in [0.25, 0.3) is 5.91 Å². The molecular weight excluding hydrogens is 1450 g/mol. The van der Waals surface area contributed by atoms with E-state index < -0.39 is 48.3 Å². The number of allylic oxidation sites excluding steroid dienone is 7. The van der Waals surface area contributed by atoms with E-state index in [-0.39, 0.29) is 84.9 Å². The van der Waals surface area contributed by atoms with Crippen molar-refractivity contribution in [2.45, 2.75) is 168 Å². The number of carbonyl (C=O) groups excluding carboxylic acids is 5. The summed E-state index contributed by atoms with van der Waals surface area (Å²) in [6.07, 6.45) is 17.4. The van der Waals surface area contributed by atoms with Gasteiger partial charge in [-0.2, -0.15) is 10.1 Å². The van der Waals surface area contributed by atoms with E-state index in [1.807, 2.05) is 152 Å². The van der Waals surface area contributed by atoms with Crippen LogP contribution in [0.4, 0.5) is 5.69 Å². The number of likely N-dealkylation sites (N-methyl/N-ethyl adjacent to an activating group) is 2. The number of para-hydroxylation sites is 2. The van der Waals surface area contributed by atoms with Gasteiger partial charge in [0, 0.05) is 149 Å². The fourth-order valence-electron chi connectivity index (χ4n) is 19.8. The second-order valence-electron chi connectivity index (χ2n) is 34.7. The number of nitrogens with zero attached hydrogens (tertiary/aromatic N) is 7. The van der Waals surface area contributed by atoms with Crippen molar-refractivity contribution in [3.8, 4) is 22.6 Å². The lowest BCUT2D eigenvalue weighted by atomic mass is 9.45. The molecule has 0 aromatic heterocycles. The van der Waals surface area contributed by atoms with Crippen LogP contribution in [0.5, 0.6) is 11.5 Å². The van der Waals surface area contributed by atoms with Crippen molar-refractivity contribution in [3.05, 3.63) is 180 Å². The van der Waals surface area contributed by atoms with Crippen LogP contribution < -0.4 is 30.3 Å². The maximum atomic E-state index is 14.4. The maximum absolute atomic E-state index is 14.4. The highest BCUT2D eigenvalue weighted by Crippen LogP contribution is 2.62. The van der Waals surface area contributed by atoms with Crippen molar-refractivity contribution in [3.63, 3.8) is 0 Å². The molecule has 4 amide bonds. The van der Waals surface area contributed by atoms with Crippen LogP contribution in [-0.4, -0.2) is 243 Å². The van der Waals surface area contributed by atoms with E-state index in [9.17, 15) is 39.6 Å². The number of hydrogen-bond donors (Lipinski definition) is 7. The fourth-order valence-corrected chi connectivity index (χ4v) is 19.8. The molecule has 0 spiro atoms. The lowest BCUT2D eigenvalue weighted by molar-refractivity contribution is -0.183. The van der Waals surface area contributed by atoms with Crippen molar-refractivity contribution in [1.82, 2.24) is 45.7 Å². The Morgan fingerprint density at radius 3 is 1.77 bits per heavy atom. The number of hydroxylamine groups is 4. The average Bonchev–Trinajstić information content (AvgIpc) is 1.31. The molecule has 6 saturated carbocycles. The number of fused-ring (bicyclic) bond motifs is 4. The molecule has 4 heterocycles. The van der Waals surface area contributed by atoms with E-state index in [1.165, 1.54) is 18.4 Å². The van der Waals surface area contributed by atoms with Crippen LogP contribution in [0.2, 0.25) is 0 Å².